The van der Waals surface area contributed by atoms with Crippen LogP contribution in [0.4, 0.5) is 18.3 Å². The lowest BCUT2D eigenvalue weighted by Crippen LogP contribution is -2.17. The summed E-state index contributed by atoms with van der Waals surface area (Å²) in [4.78, 5) is 20.3. The first kappa shape index (κ1) is 20.2. The summed E-state index contributed by atoms with van der Waals surface area (Å²) in [7, 11) is 0. The number of anilines is 1. The number of halogens is 3. The fourth-order valence-corrected chi connectivity index (χ4v) is 3.82. The highest BCUT2D eigenvalue weighted by Crippen LogP contribution is 2.38. The molecule has 1 amide bonds. The van der Waals surface area contributed by atoms with Crippen molar-refractivity contribution in [2.45, 2.75) is 38.4 Å². The van der Waals surface area contributed by atoms with Crippen LogP contribution < -0.4 is 5.32 Å². The van der Waals surface area contributed by atoms with E-state index in [0.29, 0.717) is 11.6 Å². The Morgan fingerprint density at radius 3 is 2.58 bits per heavy atom. The van der Waals surface area contributed by atoms with E-state index in [1.54, 1.807) is 25.3 Å². The number of rotatable bonds is 5. The zero-order chi connectivity index (χ0) is 19.5. The summed E-state index contributed by atoms with van der Waals surface area (Å²) in [6, 6.07) is 1.59. The van der Waals surface area contributed by atoms with Crippen molar-refractivity contribution in [1.82, 2.24) is 9.97 Å². The summed E-state index contributed by atoms with van der Waals surface area (Å²) in [6.45, 7) is 4.77. The van der Waals surface area contributed by atoms with Gasteiger partial charge in [0, 0.05) is 11.1 Å². The van der Waals surface area contributed by atoms with Crippen LogP contribution in [-0.2, 0) is 17.4 Å². The Morgan fingerprint density at radius 2 is 2.08 bits per heavy atom. The Morgan fingerprint density at radius 1 is 1.38 bits per heavy atom. The molecule has 0 aliphatic carbocycles. The molecule has 0 unspecified atom stereocenters. The number of aromatic nitrogens is 2. The van der Waals surface area contributed by atoms with Crippen molar-refractivity contribution in [3.8, 4) is 6.07 Å². The van der Waals surface area contributed by atoms with Gasteiger partial charge in [0.15, 0.2) is 5.13 Å². The molecule has 0 aliphatic heterocycles. The number of hydrogen-bond acceptors (Lipinski definition) is 6. The molecule has 2 rings (SSSR count). The van der Waals surface area contributed by atoms with E-state index in [1.807, 2.05) is 0 Å². The van der Waals surface area contributed by atoms with Gasteiger partial charge in [0.25, 0.3) is 0 Å². The van der Waals surface area contributed by atoms with Crippen LogP contribution in [0.2, 0.25) is 0 Å². The largest absolute Gasteiger partial charge is 0.418 e. The number of aryl methyl sites for hydroxylation is 2. The Hall–Kier alpha value is -2.12. The number of nitrogens with one attached hydrogen (secondary N) is 1. The van der Waals surface area contributed by atoms with E-state index in [-0.39, 0.29) is 22.0 Å². The molecule has 10 heteroatoms. The van der Waals surface area contributed by atoms with E-state index >= 15 is 0 Å². The van der Waals surface area contributed by atoms with Gasteiger partial charge in [-0.3, -0.25) is 4.79 Å². The average molecular weight is 400 g/mol. The maximum Gasteiger partial charge on any atom is 0.418 e. The van der Waals surface area contributed by atoms with Crippen LogP contribution in [0.3, 0.4) is 0 Å². The van der Waals surface area contributed by atoms with E-state index in [4.69, 9.17) is 0 Å². The van der Waals surface area contributed by atoms with E-state index in [9.17, 15) is 23.2 Å². The third kappa shape index (κ3) is 4.53. The van der Waals surface area contributed by atoms with Crippen molar-refractivity contribution in [2.75, 3.05) is 11.1 Å². The number of pyridine rings is 1. The van der Waals surface area contributed by atoms with Gasteiger partial charge in [-0.2, -0.15) is 18.4 Å². The van der Waals surface area contributed by atoms with E-state index in [1.165, 1.54) is 18.3 Å². The van der Waals surface area contributed by atoms with Crippen LogP contribution in [-0.4, -0.2) is 21.6 Å². The quantitative estimate of drug-likeness (QED) is 0.756. The number of carbonyl (C=O) groups excluding carboxylic acids is 1. The lowest BCUT2D eigenvalue weighted by Gasteiger charge is -2.17. The van der Waals surface area contributed by atoms with Gasteiger partial charge in [-0.25, -0.2) is 9.97 Å². The summed E-state index contributed by atoms with van der Waals surface area (Å²) < 4.78 is 40.2. The lowest BCUT2D eigenvalue weighted by molar-refractivity contribution is -0.138. The van der Waals surface area contributed by atoms with Crippen LogP contribution in [0.15, 0.2) is 10.4 Å². The topological polar surface area (TPSA) is 78.7 Å². The minimum atomic E-state index is -4.67. The Balaban J connectivity index is 2.28. The molecule has 1 N–H and O–H groups in total. The van der Waals surface area contributed by atoms with Crippen molar-refractivity contribution in [2.24, 2.45) is 0 Å². The van der Waals surface area contributed by atoms with Gasteiger partial charge >= 0.3 is 6.18 Å². The normalized spacial score (nSPS) is 11.3. The summed E-state index contributed by atoms with van der Waals surface area (Å²) >= 11 is 2.06. The van der Waals surface area contributed by atoms with Crippen molar-refractivity contribution in [1.29, 1.82) is 5.26 Å². The molecule has 0 aliphatic rings. The predicted molar refractivity (Wildman–Crippen MR) is 94.3 cm³/mol. The van der Waals surface area contributed by atoms with E-state index in [2.05, 4.69) is 15.3 Å². The molecule has 2 aromatic heterocycles. The van der Waals surface area contributed by atoms with Gasteiger partial charge in [0.1, 0.15) is 11.1 Å². The number of thioether (sulfide) groups is 1. The van der Waals surface area contributed by atoms with Crippen molar-refractivity contribution < 1.29 is 18.0 Å². The number of hydrogen-bond donors (Lipinski definition) is 1. The fraction of sp³-hybridized carbons (Fsp3) is 0.375. The number of nitrogens with zero attached hydrogens (tertiary/aromatic N) is 3. The summed E-state index contributed by atoms with van der Waals surface area (Å²) in [5, 5.41) is 13.9. The Bertz CT molecular complexity index is 872. The minimum absolute atomic E-state index is 0.0522. The van der Waals surface area contributed by atoms with E-state index in [0.717, 1.165) is 17.5 Å². The van der Waals surface area contributed by atoms with Crippen LogP contribution in [0.5, 0.6) is 0 Å². The number of alkyl halides is 3. The molecule has 0 atom stereocenters. The first-order chi connectivity index (χ1) is 12.2. The standard InChI is InChI=1S/C16H15F3N4OS2/c1-4-11-9(3)13(16(17,18)19)10(5-20)14(22-11)25-7-12(24)23-15-21-8(2)6-26-15/h6H,4,7H2,1-3H3,(H,21,23,24). The zero-order valence-corrected chi connectivity index (χ0v) is 15.8. The molecule has 2 aromatic rings. The predicted octanol–water partition coefficient (Wildman–Crippen LogP) is 4.34. The number of carbonyl (C=O) groups is 1. The molecule has 0 saturated heterocycles. The molecule has 0 aromatic carbocycles. The first-order valence-electron chi connectivity index (χ1n) is 7.52. The molecule has 138 valence electrons. The van der Waals surface area contributed by atoms with Crippen molar-refractivity contribution in [3.63, 3.8) is 0 Å². The third-order valence-corrected chi connectivity index (χ3v) is 5.29. The van der Waals surface area contributed by atoms with Crippen LogP contribution in [0, 0.1) is 25.2 Å². The molecule has 0 spiro atoms. The average Bonchev–Trinajstić information content (AvgIpc) is 2.96. The minimum Gasteiger partial charge on any atom is -0.301 e. The van der Waals surface area contributed by atoms with Gasteiger partial charge in [-0.05, 0) is 25.8 Å². The molecule has 5 nitrogen and oxygen atoms in total. The molecule has 0 saturated carbocycles. The Kier molecular flexibility index (Phi) is 6.26. The van der Waals surface area contributed by atoms with Crippen LogP contribution >= 0.6 is 23.1 Å². The highest BCUT2D eigenvalue weighted by Gasteiger charge is 2.38. The number of nitriles is 1. The maximum atomic E-state index is 13.4. The molecule has 26 heavy (non-hydrogen) atoms. The number of amides is 1. The van der Waals surface area contributed by atoms with Gasteiger partial charge in [-0.15, -0.1) is 11.3 Å². The monoisotopic (exact) mass is 400 g/mol. The van der Waals surface area contributed by atoms with Crippen LogP contribution in [0.25, 0.3) is 0 Å². The molecule has 2 heterocycles. The fourth-order valence-electron chi connectivity index (χ4n) is 2.31. The highest BCUT2D eigenvalue weighted by atomic mass is 32.2. The van der Waals surface area contributed by atoms with Gasteiger partial charge in [0.05, 0.1) is 22.6 Å². The number of thiazole rings is 1. The second kappa shape index (κ2) is 8.05. The molecule has 0 fully saturated rings. The lowest BCUT2D eigenvalue weighted by atomic mass is 10.0. The SMILES string of the molecule is CCc1nc(SCC(=O)Nc2nc(C)cs2)c(C#N)c(C(F)(F)F)c1C. The molecular weight excluding hydrogens is 385 g/mol. The third-order valence-electron chi connectivity index (χ3n) is 3.44. The first-order valence-corrected chi connectivity index (χ1v) is 9.39. The van der Waals surface area contributed by atoms with Gasteiger partial charge in [0.2, 0.25) is 5.91 Å². The molecule has 0 bridgehead atoms. The maximum absolute atomic E-state index is 13.4. The van der Waals surface area contributed by atoms with Crippen LogP contribution in [0.1, 0.15) is 35.0 Å². The highest BCUT2D eigenvalue weighted by molar-refractivity contribution is 8.00. The van der Waals surface area contributed by atoms with E-state index < -0.39 is 23.2 Å². The summed E-state index contributed by atoms with van der Waals surface area (Å²) in [6.07, 6.45) is -4.38. The molecule has 0 radical (unpaired) electrons. The summed E-state index contributed by atoms with van der Waals surface area (Å²) in [5.74, 6) is -0.605. The second-order valence-electron chi connectivity index (χ2n) is 5.33. The Labute approximate surface area is 156 Å². The van der Waals surface area contributed by atoms with Crippen molar-refractivity contribution >= 4 is 34.1 Å². The zero-order valence-electron chi connectivity index (χ0n) is 14.2. The smallest absolute Gasteiger partial charge is 0.301 e. The van der Waals surface area contributed by atoms with Gasteiger partial charge in [-0.1, -0.05) is 18.7 Å². The second-order valence-corrected chi connectivity index (χ2v) is 7.15. The van der Waals surface area contributed by atoms with Gasteiger partial charge < -0.3 is 5.32 Å². The van der Waals surface area contributed by atoms with Crippen molar-refractivity contribution in [3.05, 3.63) is 33.5 Å². The summed E-state index contributed by atoms with van der Waals surface area (Å²) in [5.41, 5.74) is -0.564. The molecular formula is C16H15F3N4OS2.